The fourth-order valence-electron chi connectivity index (χ4n) is 6.68. The number of benzene rings is 4. The van der Waals surface area contributed by atoms with Crippen molar-refractivity contribution in [3.8, 4) is 11.1 Å². The predicted molar refractivity (Wildman–Crippen MR) is 164 cm³/mol. The quantitative estimate of drug-likeness (QED) is 0.242. The molecule has 6 rings (SSSR count). The van der Waals surface area contributed by atoms with E-state index in [2.05, 4.69) is 24.3 Å². The predicted octanol–water partition coefficient (Wildman–Crippen LogP) is 6.30. The lowest BCUT2D eigenvalue weighted by Gasteiger charge is -2.44. The third kappa shape index (κ3) is 5.17. The summed E-state index contributed by atoms with van der Waals surface area (Å²) in [6.07, 6.45) is -0.216. The monoisotopic (exact) mass is 573 g/mol. The lowest BCUT2D eigenvalue weighted by Crippen LogP contribution is -2.53. The lowest BCUT2D eigenvalue weighted by molar-refractivity contribution is -0.159. The second kappa shape index (κ2) is 11.3. The minimum Gasteiger partial charge on any atom is -0.460 e. The van der Waals surface area contributed by atoms with Gasteiger partial charge in [-0.25, -0.2) is 0 Å². The lowest BCUT2D eigenvalue weighted by atomic mass is 9.78. The summed E-state index contributed by atoms with van der Waals surface area (Å²) in [5.74, 6) is -2.18. The average molecular weight is 574 g/mol. The molecule has 0 unspecified atom stereocenters. The van der Waals surface area contributed by atoms with Crippen LogP contribution in [0.5, 0.6) is 0 Å². The zero-order chi connectivity index (χ0) is 30.2. The third-order valence-corrected chi connectivity index (χ3v) is 8.27. The van der Waals surface area contributed by atoms with E-state index in [0.29, 0.717) is 0 Å². The number of fused-ring (bicyclic) bond motifs is 3. The van der Waals surface area contributed by atoms with Gasteiger partial charge in [0.1, 0.15) is 18.2 Å². The van der Waals surface area contributed by atoms with Crippen molar-refractivity contribution in [3.05, 3.63) is 131 Å². The molecule has 43 heavy (non-hydrogen) atoms. The molecule has 0 spiro atoms. The van der Waals surface area contributed by atoms with E-state index in [1.807, 2.05) is 89.8 Å². The van der Waals surface area contributed by atoms with Gasteiger partial charge in [-0.3, -0.25) is 19.3 Å². The van der Waals surface area contributed by atoms with Crippen LogP contribution >= 0.6 is 0 Å². The van der Waals surface area contributed by atoms with Crippen molar-refractivity contribution in [2.24, 2.45) is 5.92 Å². The van der Waals surface area contributed by atoms with E-state index in [4.69, 9.17) is 9.47 Å². The van der Waals surface area contributed by atoms with Gasteiger partial charge in [0.2, 0.25) is 0 Å². The van der Waals surface area contributed by atoms with Gasteiger partial charge >= 0.3 is 11.9 Å². The standard InChI is InChI=1S/C37H35NO5/c1-36(2,3)43-33(40)22-29-32(39)23-38(34(29)35(41)42-24-25-14-6-4-7-15-25)37(26-16-8-5-9-17-26)30-20-12-10-18-27(30)28-19-11-13-21-31(28)37/h4-21,29,34H,22-24H2,1-3H3/t29-,34+/m1/s1. The Bertz CT molecular complexity index is 1610. The number of rotatable bonds is 7. The Labute approximate surface area is 252 Å². The molecule has 6 nitrogen and oxygen atoms in total. The largest absolute Gasteiger partial charge is 0.460 e. The molecule has 1 fully saturated rings. The molecule has 2 atom stereocenters. The zero-order valence-electron chi connectivity index (χ0n) is 24.7. The van der Waals surface area contributed by atoms with Crippen molar-refractivity contribution >= 4 is 17.7 Å². The number of nitrogens with zero attached hydrogens (tertiary/aromatic N) is 1. The molecular formula is C37H35NO5. The molecule has 6 heteroatoms. The maximum atomic E-state index is 14.2. The highest BCUT2D eigenvalue weighted by molar-refractivity contribution is 5.97. The first-order valence-electron chi connectivity index (χ1n) is 14.7. The van der Waals surface area contributed by atoms with Crippen molar-refractivity contribution in [2.45, 2.75) is 51.0 Å². The van der Waals surface area contributed by atoms with Crippen molar-refractivity contribution in [1.29, 1.82) is 0 Å². The van der Waals surface area contributed by atoms with E-state index in [1.54, 1.807) is 20.8 Å². The second-order valence-corrected chi connectivity index (χ2v) is 12.2. The van der Waals surface area contributed by atoms with Gasteiger partial charge < -0.3 is 9.47 Å². The Morgan fingerprint density at radius 1 is 0.791 bits per heavy atom. The third-order valence-electron chi connectivity index (χ3n) is 8.27. The molecule has 218 valence electrons. The fraction of sp³-hybridized carbons (Fsp3) is 0.270. The molecule has 0 bridgehead atoms. The molecule has 1 aliphatic carbocycles. The molecule has 4 aromatic carbocycles. The molecule has 0 N–H and O–H groups in total. The second-order valence-electron chi connectivity index (χ2n) is 12.2. The van der Waals surface area contributed by atoms with Crippen molar-refractivity contribution in [3.63, 3.8) is 0 Å². The van der Waals surface area contributed by atoms with Crippen LogP contribution in [0.25, 0.3) is 11.1 Å². The highest BCUT2D eigenvalue weighted by Gasteiger charge is 2.59. The topological polar surface area (TPSA) is 72.9 Å². The van der Waals surface area contributed by atoms with E-state index < -0.39 is 35.0 Å². The maximum absolute atomic E-state index is 14.2. The molecular weight excluding hydrogens is 538 g/mol. The van der Waals surface area contributed by atoms with Gasteiger partial charge in [-0.05, 0) is 54.2 Å². The molecule has 0 amide bonds. The Morgan fingerprint density at radius 3 is 1.91 bits per heavy atom. The van der Waals surface area contributed by atoms with Crippen LogP contribution in [0.1, 0.15) is 49.4 Å². The zero-order valence-corrected chi connectivity index (χ0v) is 24.7. The summed E-state index contributed by atoms with van der Waals surface area (Å²) in [6, 6.07) is 34.7. The summed E-state index contributed by atoms with van der Waals surface area (Å²) in [5.41, 5.74) is 4.12. The van der Waals surface area contributed by atoms with Crippen LogP contribution in [0.4, 0.5) is 0 Å². The molecule has 1 heterocycles. The summed E-state index contributed by atoms with van der Waals surface area (Å²) in [7, 11) is 0. The van der Waals surface area contributed by atoms with Crippen LogP contribution in [0.2, 0.25) is 0 Å². The molecule has 2 aliphatic rings. The van der Waals surface area contributed by atoms with E-state index >= 15 is 0 Å². The summed E-state index contributed by atoms with van der Waals surface area (Å²) in [6.45, 7) is 5.39. The summed E-state index contributed by atoms with van der Waals surface area (Å²) >= 11 is 0. The molecule has 0 radical (unpaired) electrons. The van der Waals surface area contributed by atoms with Gasteiger partial charge in [-0.2, -0.15) is 0 Å². The first-order valence-corrected chi connectivity index (χ1v) is 14.7. The van der Waals surface area contributed by atoms with Crippen LogP contribution in [-0.4, -0.2) is 40.8 Å². The Hall–Kier alpha value is -4.55. The Balaban J connectivity index is 1.51. The molecule has 0 saturated carbocycles. The summed E-state index contributed by atoms with van der Waals surface area (Å²) in [5, 5.41) is 0. The number of hydrogen-bond donors (Lipinski definition) is 0. The molecule has 1 saturated heterocycles. The first-order chi connectivity index (χ1) is 20.7. The van der Waals surface area contributed by atoms with E-state index in [9.17, 15) is 14.4 Å². The van der Waals surface area contributed by atoms with E-state index in [0.717, 1.165) is 33.4 Å². The number of carbonyl (C=O) groups is 3. The fourth-order valence-corrected chi connectivity index (χ4v) is 6.68. The van der Waals surface area contributed by atoms with Crippen molar-refractivity contribution in [1.82, 2.24) is 4.90 Å². The summed E-state index contributed by atoms with van der Waals surface area (Å²) < 4.78 is 11.6. The molecule has 4 aromatic rings. The molecule has 1 aliphatic heterocycles. The Kier molecular flexibility index (Phi) is 7.49. The van der Waals surface area contributed by atoms with E-state index in [-0.39, 0.29) is 25.4 Å². The van der Waals surface area contributed by atoms with Gasteiger partial charge in [0.05, 0.1) is 24.4 Å². The van der Waals surface area contributed by atoms with Crippen molar-refractivity contribution in [2.75, 3.05) is 6.54 Å². The van der Waals surface area contributed by atoms with Crippen LogP contribution < -0.4 is 0 Å². The number of carbonyl (C=O) groups excluding carboxylic acids is 3. The van der Waals surface area contributed by atoms with Crippen molar-refractivity contribution < 1.29 is 23.9 Å². The van der Waals surface area contributed by atoms with Gasteiger partial charge in [-0.1, -0.05) is 109 Å². The highest BCUT2D eigenvalue weighted by Crippen LogP contribution is 2.56. The van der Waals surface area contributed by atoms with Crippen LogP contribution in [-0.2, 0) is 36.0 Å². The minimum atomic E-state index is -1.02. The maximum Gasteiger partial charge on any atom is 0.324 e. The average Bonchev–Trinajstić information content (AvgIpc) is 3.48. The number of esters is 2. The van der Waals surface area contributed by atoms with Gasteiger partial charge in [0, 0.05) is 0 Å². The number of ether oxygens (including phenoxy) is 2. The SMILES string of the molecule is CC(C)(C)OC(=O)C[C@@H]1C(=O)CN(C2(c3ccccc3)c3ccccc3-c3ccccc32)[C@@H]1C(=O)OCc1ccccc1. The van der Waals surface area contributed by atoms with Gasteiger partial charge in [0.15, 0.2) is 5.78 Å². The highest BCUT2D eigenvalue weighted by atomic mass is 16.6. The number of ketones is 1. The van der Waals surface area contributed by atoms with Crippen LogP contribution in [0.15, 0.2) is 109 Å². The summed E-state index contributed by atoms with van der Waals surface area (Å²) in [4.78, 5) is 43.3. The van der Waals surface area contributed by atoms with E-state index in [1.165, 1.54) is 0 Å². The van der Waals surface area contributed by atoms with Crippen LogP contribution in [0.3, 0.4) is 0 Å². The normalized spacial score (nSPS) is 19.0. The first kappa shape index (κ1) is 28.6. The Morgan fingerprint density at radius 2 is 1.33 bits per heavy atom. The number of hydrogen-bond acceptors (Lipinski definition) is 6. The molecule has 0 aromatic heterocycles. The number of likely N-dealkylation sites (tertiary alicyclic amines) is 1. The number of Topliss-reactive ketones (excluding diaryl/α,β-unsaturated/α-hetero) is 1. The minimum absolute atomic E-state index is 0.0316. The van der Waals surface area contributed by atoms with Gasteiger partial charge in [0.25, 0.3) is 0 Å². The van der Waals surface area contributed by atoms with Gasteiger partial charge in [-0.15, -0.1) is 0 Å². The van der Waals surface area contributed by atoms with Crippen LogP contribution in [0, 0.1) is 5.92 Å². The smallest absolute Gasteiger partial charge is 0.324 e.